The van der Waals surface area contributed by atoms with E-state index >= 15 is 0 Å². The van der Waals surface area contributed by atoms with Gasteiger partial charge in [0, 0.05) is 12.1 Å². The lowest BCUT2D eigenvalue weighted by Crippen LogP contribution is -2.34. The van der Waals surface area contributed by atoms with E-state index in [0.29, 0.717) is 11.4 Å². The van der Waals surface area contributed by atoms with Gasteiger partial charge in [0.1, 0.15) is 17.1 Å². The van der Waals surface area contributed by atoms with E-state index < -0.39 is 11.9 Å². The van der Waals surface area contributed by atoms with Gasteiger partial charge in [-0.2, -0.15) is 0 Å². The van der Waals surface area contributed by atoms with Crippen LogP contribution in [0.1, 0.15) is 39.8 Å². The zero-order valence-corrected chi connectivity index (χ0v) is 13.0. The van der Waals surface area contributed by atoms with Crippen LogP contribution >= 0.6 is 0 Å². The first-order valence-corrected chi connectivity index (χ1v) is 7.45. The summed E-state index contributed by atoms with van der Waals surface area (Å²) < 4.78 is 5.33. The van der Waals surface area contributed by atoms with Gasteiger partial charge < -0.3 is 20.2 Å². The molecule has 2 heterocycles. The number of furan rings is 1. The molecule has 3 rings (SSSR count). The lowest BCUT2D eigenvalue weighted by atomic mass is 9.90. The quantitative estimate of drug-likeness (QED) is 0.796. The van der Waals surface area contributed by atoms with Crippen molar-refractivity contribution in [3.8, 4) is 0 Å². The van der Waals surface area contributed by atoms with E-state index in [1.54, 1.807) is 25.1 Å². The molecule has 0 fully saturated rings. The first-order chi connectivity index (χ1) is 11.5. The summed E-state index contributed by atoms with van der Waals surface area (Å²) in [6.07, 6.45) is 0.0698. The van der Waals surface area contributed by atoms with Crippen molar-refractivity contribution in [3.05, 3.63) is 53.0 Å². The fourth-order valence-electron chi connectivity index (χ4n) is 2.79. The molecule has 1 aromatic carbocycles. The summed E-state index contributed by atoms with van der Waals surface area (Å²) in [5, 5.41) is 14.4. The predicted octanol–water partition coefficient (Wildman–Crippen LogP) is 2.03. The molecule has 1 aromatic heterocycles. The van der Waals surface area contributed by atoms with Gasteiger partial charge in [0.25, 0.3) is 0 Å². The maximum Gasteiger partial charge on any atom is 0.339 e. The minimum atomic E-state index is -1.08. The number of carboxylic acids is 1. The number of carbonyl (C=O) groups excluding carboxylic acids is 2. The first kappa shape index (κ1) is 15.8. The zero-order valence-electron chi connectivity index (χ0n) is 13.0. The average molecular weight is 328 g/mol. The zero-order chi connectivity index (χ0) is 17.3. The highest BCUT2D eigenvalue weighted by molar-refractivity contribution is 6.01. The number of anilines is 1. The predicted molar refractivity (Wildman–Crippen MR) is 84.7 cm³/mol. The van der Waals surface area contributed by atoms with Crippen molar-refractivity contribution in [2.75, 3.05) is 5.32 Å². The minimum absolute atomic E-state index is 0.0627. The molecule has 1 atom stereocenters. The Hall–Kier alpha value is -3.09. The monoisotopic (exact) mass is 328 g/mol. The van der Waals surface area contributed by atoms with Gasteiger partial charge in [0.05, 0.1) is 12.5 Å². The number of benzene rings is 1. The van der Waals surface area contributed by atoms with Crippen LogP contribution in [-0.4, -0.2) is 22.9 Å². The number of para-hydroxylation sites is 1. The Morgan fingerprint density at radius 2 is 2.12 bits per heavy atom. The third-order valence-electron chi connectivity index (χ3n) is 3.95. The van der Waals surface area contributed by atoms with Crippen molar-refractivity contribution in [2.45, 2.75) is 25.8 Å². The number of nitrogens with one attached hydrogen (secondary N) is 2. The van der Waals surface area contributed by atoms with Gasteiger partial charge in [0.2, 0.25) is 11.8 Å². The van der Waals surface area contributed by atoms with Crippen LogP contribution in [0.4, 0.5) is 5.69 Å². The summed E-state index contributed by atoms with van der Waals surface area (Å²) >= 11 is 0. The van der Waals surface area contributed by atoms with E-state index in [0.717, 1.165) is 5.56 Å². The average Bonchev–Trinajstić information content (AvgIpc) is 2.93. The van der Waals surface area contributed by atoms with Gasteiger partial charge in [-0.15, -0.1) is 0 Å². The molecule has 3 N–H and O–H groups in total. The first-order valence-electron chi connectivity index (χ1n) is 7.45. The number of amides is 2. The molecular formula is C17H16N2O5. The molecule has 7 heteroatoms. The lowest BCUT2D eigenvalue weighted by Gasteiger charge is -2.24. The molecule has 2 aromatic rings. The van der Waals surface area contributed by atoms with Crippen LogP contribution in [0.2, 0.25) is 0 Å². The molecular weight excluding hydrogens is 312 g/mol. The van der Waals surface area contributed by atoms with Crippen molar-refractivity contribution in [2.24, 2.45) is 0 Å². The van der Waals surface area contributed by atoms with Gasteiger partial charge in [-0.25, -0.2) is 4.79 Å². The Labute approximate surface area is 137 Å². The Bertz CT molecular complexity index is 824. The smallest absolute Gasteiger partial charge is 0.339 e. The van der Waals surface area contributed by atoms with Crippen molar-refractivity contribution >= 4 is 23.5 Å². The van der Waals surface area contributed by atoms with Gasteiger partial charge in [-0.3, -0.25) is 9.59 Å². The largest absolute Gasteiger partial charge is 0.478 e. The summed E-state index contributed by atoms with van der Waals surface area (Å²) in [5.41, 5.74) is 1.47. The topological polar surface area (TPSA) is 109 Å². The number of hydrogen-bond donors (Lipinski definition) is 3. The van der Waals surface area contributed by atoms with Crippen LogP contribution in [0.15, 0.2) is 34.7 Å². The molecule has 7 nitrogen and oxygen atoms in total. The summed E-state index contributed by atoms with van der Waals surface area (Å²) in [5.74, 6) is -1.53. The summed E-state index contributed by atoms with van der Waals surface area (Å²) in [6.45, 7) is 1.61. The molecule has 0 spiro atoms. The Morgan fingerprint density at radius 3 is 2.83 bits per heavy atom. The Morgan fingerprint density at radius 1 is 1.38 bits per heavy atom. The molecule has 0 aliphatic carbocycles. The molecule has 124 valence electrons. The number of carboxylic acid groups (broad SMARTS) is 1. The van der Waals surface area contributed by atoms with Gasteiger partial charge in [0.15, 0.2) is 0 Å². The number of rotatable bonds is 4. The minimum Gasteiger partial charge on any atom is -0.478 e. The third kappa shape index (κ3) is 3.01. The number of hydrogen-bond acceptors (Lipinski definition) is 4. The molecule has 0 bridgehead atoms. The summed E-state index contributed by atoms with van der Waals surface area (Å²) in [7, 11) is 0. The summed E-state index contributed by atoms with van der Waals surface area (Å²) in [6, 6.07) is 8.55. The van der Waals surface area contributed by atoms with Crippen LogP contribution in [0.5, 0.6) is 0 Å². The molecule has 0 radical (unpaired) electrons. The second kappa shape index (κ2) is 6.19. The van der Waals surface area contributed by atoms with Gasteiger partial charge in [-0.05, 0) is 24.6 Å². The van der Waals surface area contributed by atoms with Crippen LogP contribution in [-0.2, 0) is 16.1 Å². The van der Waals surface area contributed by atoms with E-state index in [1.807, 2.05) is 6.07 Å². The maximum absolute atomic E-state index is 12.5. The van der Waals surface area contributed by atoms with Crippen LogP contribution in [0, 0.1) is 6.92 Å². The van der Waals surface area contributed by atoms with Crippen molar-refractivity contribution < 1.29 is 23.9 Å². The van der Waals surface area contributed by atoms with E-state index in [2.05, 4.69) is 10.6 Å². The molecule has 2 amide bonds. The molecule has 0 saturated carbocycles. The van der Waals surface area contributed by atoms with E-state index in [9.17, 15) is 14.4 Å². The fourth-order valence-corrected chi connectivity index (χ4v) is 2.79. The van der Waals surface area contributed by atoms with Gasteiger partial charge >= 0.3 is 5.97 Å². The van der Waals surface area contributed by atoms with E-state index in [4.69, 9.17) is 9.52 Å². The molecule has 24 heavy (non-hydrogen) atoms. The number of aromatic carboxylic acids is 1. The van der Waals surface area contributed by atoms with Crippen molar-refractivity contribution in [1.29, 1.82) is 0 Å². The van der Waals surface area contributed by atoms with Crippen LogP contribution < -0.4 is 10.6 Å². The SMILES string of the molecule is Cc1oc(CNC(=O)C2CC(=O)Nc3ccccc32)cc1C(=O)O. The normalized spacial score (nSPS) is 16.2. The van der Waals surface area contributed by atoms with E-state index in [1.165, 1.54) is 6.07 Å². The van der Waals surface area contributed by atoms with Crippen molar-refractivity contribution in [3.63, 3.8) is 0 Å². The molecule has 1 unspecified atom stereocenters. The highest BCUT2D eigenvalue weighted by Gasteiger charge is 2.30. The van der Waals surface area contributed by atoms with Crippen molar-refractivity contribution in [1.82, 2.24) is 5.32 Å². The standard InChI is InChI=1S/C17H16N2O5/c1-9-12(17(22)23)6-10(24-9)8-18-16(21)13-7-15(20)19-14-5-3-2-4-11(13)14/h2-6,13H,7-8H2,1H3,(H,18,21)(H,19,20)(H,22,23). The number of fused-ring (bicyclic) bond motifs is 1. The van der Waals surface area contributed by atoms with E-state index in [-0.39, 0.29) is 36.1 Å². The third-order valence-corrected chi connectivity index (χ3v) is 3.95. The molecule has 0 saturated heterocycles. The highest BCUT2D eigenvalue weighted by Crippen LogP contribution is 2.32. The number of aryl methyl sites for hydroxylation is 1. The fraction of sp³-hybridized carbons (Fsp3) is 0.235. The van der Waals surface area contributed by atoms with Crippen LogP contribution in [0.3, 0.4) is 0 Å². The number of carbonyl (C=O) groups is 3. The van der Waals surface area contributed by atoms with Crippen LogP contribution in [0.25, 0.3) is 0 Å². The Balaban J connectivity index is 1.73. The molecule has 1 aliphatic heterocycles. The Kier molecular flexibility index (Phi) is 4.07. The molecule has 1 aliphatic rings. The summed E-state index contributed by atoms with van der Waals surface area (Å²) in [4.78, 5) is 35.2. The lowest BCUT2D eigenvalue weighted by molar-refractivity contribution is -0.126. The second-order valence-electron chi connectivity index (χ2n) is 5.60. The van der Waals surface area contributed by atoms with Gasteiger partial charge in [-0.1, -0.05) is 18.2 Å². The highest BCUT2D eigenvalue weighted by atomic mass is 16.4. The second-order valence-corrected chi connectivity index (χ2v) is 5.60. The maximum atomic E-state index is 12.5.